The van der Waals surface area contributed by atoms with Crippen LogP contribution in [0.15, 0.2) is 28.5 Å². The molecule has 8 heteroatoms. The Morgan fingerprint density at radius 2 is 2.37 bits per heavy atom. The van der Waals surface area contributed by atoms with Gasteiger partial charge < -0.3 is 9.67 Å². The molecule has 100 valence electrons. The molecule has 0 aliphatic rings. The summed E-state index contributed by atoms with van der Waals surface area (Å²) in [5, 5.41) is 16.1. The smallest absolute Gasteiger partial charge is 0.341 e. The summed E-state index contributed by atoms with van der Waals surface area (Å²) in [5.41, 5.74) is -0.186. The van der Waals surface area contributed by atoms with E-state index in [-0.39, 0.29) is 5.56 Å². The fourth-order valence-corrected chi connectivity index (χ4v) is 2.33. The molecule has 0 saturated carbocycles. The molecule has 2 N–H and O–H groups in total. The fourth-order valence-electron chi connectivity index (χ4n) is 1.61. The van der Waals surface area contributed by atoms with Crippen molar-refractivity contribution in [1.82, 2.24) is 19.7 Å². The Hall–Kier alpha value is -2.09. The molecular formula is C11H12N4O3S. The van der Waals surface area contributed by atoms with Gasteiger partial charge in [-0.15, -0.1) is 0 Å². The molecule has 0 spiro atoms. The van der Waals surface area contributed by atoms with E-state index in [0.717, 1.165) is 0 Å². The van der Waals surface area contributed by atoms with Crippen molar-refractivity contribution in [2.45, 2.75) is 18.6 Å². The minimum absolute atomic E-state index is 0.174. The normalized spacial score (nSPS) is 10.6. The lowest BCUT2D eigenvalue weighted by Gasteiger charge is -2.07. The van der Waals surface area contributed by atoms with E-state index >= 15 is 0 Å². The summed E-state index contributed by atoms with van der Waals surface area (Å²) in [5.74, 6) is -0.600. The minimum atomic E-state index is -1.19. The second-order valence-corrected chi connectivity index (χ2v) is 4.90. The number of hydrogen-bond acceptors (Lipinski definition) is 5. The molecule has 0 amide bonds. The van der Waals surface area contributed by atoms with Crippen LogP contribution in [0.5, 0.6) is 0 Å². The van der Waals surface area contributed by atoms with Gasteiger partial charge in [0.1, 0.15) is 11.9 Å². The summed E-state index contributed by atoms with van der Waals surface area (Å²) in [7, 11) is 0. The third-order valence-corrected chi connectivity index (χ3v) is 3.41. The van der Waals surface area contributed by atoms with Crippen LogP contribution in [0, 0.1) is 6.92 Å². The number of pyridine rings is 1. The molecule has 0 unspecified atom stereocenters. The zero-order valence-corrected chi connectivity index (χ0v) is 11.0. The first kappa shape index (κ1) is 13.3. The maximum Gasteiger partial charge on any atom is 0.341 e. The molecule has 0 radical (unpaired) electrons. The van der Waals surface area contributed by atoms with Gasteiger partial charge in [0.2, 0.25) is 0 Å². The number of aromatic carboxylic acids is 1. The molecule has 0 saturated heterocycles. The van der Waals surface area contributed by atoms with E-state index in [1.54, 1.807) is 19.2 Å². The van der Waals surface area contributed by atoms with Gasteiger partial charge in [-0.1, -0.05) is 11.8 Å². The first-order chi connectivity index (χ1) is 9.09. The average Bonchev–Trinajstić information content (AvgIpc) is 2.85. The number of aromatic amines is 1. The van der Waals surface area contributed by atoms with Crippen molar-refractivity contribution in [2.24, 2.45) is 0 Å². The van der Waals surface area contributed by atoms with Crippen LogP contribution >= 0.6 is 11.8 Å². The molecule has 2 aromatic heterocycles. The average molecular weight is 280 g/mol. The fraction of sp³-hybridized carbons (Fsp3) is 0.273. The molecule has 0 aromatic carbocycles. The van der Waals surface area contributed by atoms with Gasteiger partial charge in [0.05, 0.1) is 0 Å². The van der Waals surface area contributed by atoms with Crippen molar-refractivity contribution >= 4 is 17.7 Å². The van der Waals surface area contributed by atoms with Crippen LogP contribution < -0.4 is 5.56 Å². The third kappa shape index (κ3) is 3.02. The minimum Gasteiger partial charge on any atom is -0.477 e. The number of thioether (sulfide) groups is 1. The van der Waals surface area contributed by atoms with Crippen LogP contribution in [0.1, 0.15) is 15.9 Å². The molecule has 19 heavy (non-hydrogen) atoms. The van der Waals surface area contributed by atoms with Gasteiger partial charge in [-0.2, -0.15) is 5.10 Å². The van der Waals surface area contributed by atoms with E-state index in [2.05, 4.69) is 15.2 Å². The Kier molecular flexibility index (Phi) is 4.00. The largest absolute Gasteiger partial charge is 0.477 e. The van der Waals surface area contributed by atoms with E-state index in [0.29, 0.717) is 23.0 Å². The van der Waals surface area contributed by atoms with Gasteiger partial charge in [0.15, 0.2) is 5.16 Å². The maximum atomic E-state index is 12.0. The number of carboxylic acids is 1. The number of carbonyl (C=O) groups is 1. The van der Waals surface area contributed by atoms with E-state index in [4.69, 9.17) is 5.11 Å². The molecule has 0 fully saturated rings. The van der Waals surface area contributed by atoms with Gasteiger partial charge in [0.25, 0.3) is 5.56 Å². The first-order valence-electron chi connectivity index (χ1n) is 5.51. The number of nitrogens with zero attached hydrogens (tertiary/aromatic N) is 3. The highest BCUT2D eigenvalue weighted by Gasteiger charge is 2.14. The van der Waals surface area contributed by atoms with Crippen LogP contribution in [0.2, 0.25) is 0 Å². The van der Waals surface area contributed by atoms with Crippen LogP contribution in [-0.4, -0.2) is 36.6 Å². The lowest BCUT2D eigenvalue weighted by Crippen LogP contribution is -2.27. The van der Waals surface area contributed by atoms with Crippen molar-refractivity contribution < 1.29 is 9.90 Å². The molecule has 2 aromatic rings. The van der Waals surface area contributed by atoms with Gasteiger partial charge in [0, 0.05) is 18.5 Å². The van der Waals surface area contributed by atoms with Crippen molar-refractivity contribution in [3.63, 3.8) is 0 Å². The molecular weight excluding hydrogens is 268 g/mol. The Morgan fingerprint density at radius 1 is 1.58 bits per heavy atom. The molecule has 0 atom stereocenters. The summed E-state index contributed by atoms with van der Waals surface area (Å²) in [4.78, 5) is 26.9. The summed E-state index contributed by atoms with van der Waals surface area (Å²) >= 11 is 1.41. The third-order valence-electron chi connectivity index (χ3n) is 2.55. The second kappa shape index (κ2) is 5.70. The summed E-state index contributed by atoms with van der Waals surface area (Å²) in [6.45, 7) is 2.02. The van der Waals surface area contributed by atoms with E-state index in [1.807, 2.05) is 0 Å². The highest BCUT2D eigenvalue weighted by molar-refractivity contribution is 7.99. The van der Waals surface area contributed by atoms with Gasteiger partial charge >= 0.3 is 5.97 Å². The highest BCUT2D eigenvalue weighted by atomic mass is 32.2. The van der Waals surface area contributed by atoms with Crippen LogP contribution in [0.25, 0.3) is 0 Å². The zero-order chi connectivity index (χ0) is 13.8. The highest BCUT2D eigenvalue weighted by Crippen LogP contribution is 2.10. The molecule has 0 aliphatic heterocycles. The topological polar surface area (TPSA) is 101 Å². The Bertz CT molecular complexity index is 636. The number of aryl methyl sites for hydroxylation is 2. The number of nitrogens with one attached hydrogen (secondary N) is 1. The summed E-state index contributed by atoms with van der Waals surface area (Å²) in [6, 6.07) is 1.63. The van der Waals surface area contributed by atoms with E-state index < -0.39 is 11.5 Å². The van der Waals surface area contributed by atoms with Gasteiger partial charge in [-0.25, -0.2) is 9.78 Å². The van der Waals surface area contributed by atoms with Crippen LogP contribution in [0.3, 0.4) is 0 Å². The SMILES string of the molecule is Cc1ccn(CCSc2ncn[nH]2)c(=O)c1C(=O)O. The quantitative estimate of drug-likeness (QED) is 0.784. The predicted octanol–water partition coefficient (Wildman–Crippen LogP) is 0.765. The second-order valence-electron chi connectivity index (χ2n) is 3.82. The zero-order valence-electron chi connectivity index (χ0n) is 10.2. The first-order valence-corrected chi connectivity index (χ1v) is 6.49. The molecule has 0 aliphatic carbocycles. The van der Waals surface area contributed by atoms with Crippen molar-refractivity contribution in [3.8, 4) is 0 Å². The molecule has 2 heterocycles. The maximum absolute atomic E-state index is 12.0. The number of carboxylic acid groups (broad SMARTS) is 1. The number of rotatable bonds is 5. The Balaban J connectivity index is 2.11. The Morgan fingerprint density at radius 3 is 3.00 bits per heavy atom. The van der Waals surface area contributed by atoms with E-state index in [1.165, 1.54) is 22.7 Å². The van der Waals surface area contributed by atoms with Crippen molar-refractivity contribution in [3.05, 3.63) is 40.1 Å². The summed E-state index contributed by atoms with van der Waals surface area (Å²) < 4.78 is 1.39. The lowest BCUT2D eigenvalue weighted by atomic mass is 10.1. The molecule has 2 rings (SSSR count). The Labute approximate surface area is 112 Å². The van der Waals surface area contributed by atoms with Crippen LogP contribution in [0.4, 0.5) is 0 Å². The summed E-state index contributed by atoms with van der Waals surface area (Å²) in [6.07, 6.45) is 3.01. The lowest BCUT2D eigenvalue weighted by molar-refractivity contribution is 0.0693. The number of aromatic nitrogens is 4. The number of hydrogen-bond donors (Lipinski definition) is 2. The van der Waals surface area contributed by atoms with Gasteiger partial charge in [-0.3, -0.25) is 9.89 Å². The number of H-pyrrole nitrogens is 1. The van der Waals surface area contributed by atoms with Crippen molar-refractivity contribution in [1.29, 1.82) is 0 Å². The van der Waals surface area contributed by atoms with Crippen LogP contribution in [-0.2, 0) is 6.54 Å². The van der Waals surface area contributed by atoms with Gasteiger partial charge in [-0.05, 0) is 18.6 Å². The van der Waals surface area contributed by atoms with E-state index in [9.17, 15) is 9.59 Å². The van der Waals surface area contributed by atoms with Crippen molar-refractivity contribution in [2.75, 3.05) is 5.75 Å². The standard InChI is InChI=1S/C11H12N4O3S/c1-7-2-3-15(9(16)8(7)10(17)18)4-5-19-11-12-6-13-14-11/h2-3,6H,4-5H2,1H3,(H,17,18)(H,12,13,14). The monoisotopic (exact) mass is 280 g/mol. The molecule has 0 bridgehead atoms. The molecule has 7 nitrogen and oxygen atoms in total. The predicted molar refractivity (Wildman–Crippen MR) is 69.5 cm³/mol.